The summed E-state index contributed by atoms with van der Waals surface area (Å²) in [4.78, 5) is 10.9. The fourth-order valence-electron chi connectivity index (χ4n) is 2.27. The molecular weight excluding hydrogens is 254 g/mol. The summed E-state index contributed by atoms with van der Waals surface area (Å²) in [7, 11) is 0. The number of rotatable bonds is 7. The van der Waals surface area contributed by atoms with Gasteiger partial charge in [-0.1, -0.05) is 17.7 Å². The molecule has 0 fully saturated rings. The van der Waals surface area contributed by atoms with Crippen LogP contribution in [0, 0.1) is 20.8 Å². The Hall–Kier alpha value is -1.55. The Balaban J connectivity index is 2.41. The van der Waals surface area contributed by atoms with E-state index in [0.29, 0.717) is 13.0 Å². The van der Waals surface area contributed by atoms with Crippen molar-refractivity contribution >= 4 is 5.97 Å². The quantitative estimate of drug-likeness (QED) is 0.753. The van der Waals surface area contributed by atoms with Gasteiger partial charge in [0.25, 0.3) is 0 Å². The largest absolute Gasteiger partial charge is 0.493 e. The average molecular weight is 279 g/mol. The van der Waals surface area contributed by atoms with E-state index in [2.05, 4.69) is 19.1 Å². The van der Waals surface area contributed by atoms with E-state index in [1.54, 1.807) is 6.92 Å². The third kappa shape index (κ3) is 4.53. The Kier molecular flexibility index (Phi) is 5.57. The van der Waals surface area contributed by atoms with Crippen molar-refractivity contribution in [3.8, 4) is 5.75 Å². The van der Waals surface area contributed by atoms with Gasteiger partial charge >= 0.3 is 5.97 Å². The molecule has 112 valence electrons. The van der Waals surface area contributed by atoms with Crippen molar-refractivity contribution in [3.05, 3.63) is 28.8 Å². The molecule has 0 bridgehead atoms. The molecule has 1 unspecified atom stereocenters. The summed E-state index contributed by atoms with van der Waals surface area (Å²) in [5.41, 5.74) is 8.04. The molecule has 0 saturated carbocycles. The summed E-state index contributed by atoms with van der Waals surface area (Å²) >= 11 is 0. The lowest BCUT2D eigenvalue weighted by Crippen LogP contribution is -2.44. The van der Waals surface area contributed by atoms with Crippen LogP contribution in [0.5, 0.6) is 5.75 Å². The SMILES string of the molecule is Cc1cc(C)c(OCCCCC(C)(N)C(=O)O)c(C)c1. The number of aliphatic carboxylic acids is 1. The topological polar surface area (TPSA) is 72.5 Å². The summed E-state index contributed by atoms with van der Waals surface area (Å²) in [5.74, 6) is -0.0204. The molecule has 0 aliphatic heterocycles. The second kappa shape index (κ2) is 6.75. The highest BCUT2D eigenvalue weighted by Gasteiger charge is 2.26. The van der Waals surface area contributed by atoms with Crippen LogP contribution in [-0.4, -0.2) is 23.2 Å². The first-order valence-corrected chi connectivity index (χ1v) is 6.97. The van der Waals surface area contributed by atoms with Gasteiger partial charge in [0.2, 0.25) is 0 Å². The van der Waals surface area contributed by atoms with Crippen LogP contribution < -0.4 is 10.5 Å². The van der Waals surface area contributed by atoms with E-state index in [0.717, 1.165) is 29.7 Å². The van der Waals surface area contributed by atoms with Gasteiger partial charge in [0.15, 0.2) is 0 Å². The zero-order chi connectivity index (χ0) is 15.3. The molecule has 4 nitrogen and oxygen atoms in total. The van der Waals surface area contributed by atoms with Gasteiger partial charge in [-0.2, -0.15) is 0 Å². The standard InChI is InChI=1S/C16H25NO3/c1-11-9-12(2)14(13(3)10-11)20-8-6-5-7-16(4,17)15(18)19/h9-10H,5-8,17H2,1-4H3,(H,18,19). The van der Waals surface area contributed by atoms with Gasteiger partial charge < -0.3 is 15.6 Å². The van der Waals surface area contributed by atoms with Crippen LogP contribution in [0.2, 0.25) is 0 Å². The number of carbonyl (C=O) groups is 1. The number of ether oxygens (including phenoxy) is 1. The highest BCUT2D eigenvalue weighted by Crippen LogP contribution is 2.24. The fourth-order valence-corrected chi connectivity index (χ4v) is 2.27. The van der Waals surface area contributed by atoms with Crippen molar-refractivity contribution in [2.45, 2.75) is 52.5 Å². The van der Waals surface area contributed by atoms with Crippen LogP contribution >= 0.6 is 0 Å². The summed E-state index contributed by atoms with van der Waals surface area (Å²) in [6.45, 7) is 8.27. The molecule has 0 radical (unpaired) electrons. The lowest BCUT2D eigenvalue weighted by atomic mass is 9.96. The summed E-state index contributed by atoms with van der Waals surface area (Å²) < 4.78 is 5.81. The number of aryl methyl sites for hydroxylation is 3. The van der Waals surface area contributed by atoms with E-state index < -0.39 is 11.5 Å². The van der Waals surface area contributed by atoms with Crippen molar-refractivity contribution in [2.24, 2.45) is 5.73 Å². The van der Waals surface area contributed by atoms with Gasteiger partial charge in [-0.15, -0.1) is 0 Å². The number of carboxylic acid groups (broad SMARTS) is 1. The van der Waals surface area contributed by atoms with Gasteiger partial charge in [-0.3, -0.25) is 4.79 Å². The van der Waals surface area contributed by atoms with Gasteiger partial charge in [0.05, 0.1) is 6.61 Å². The minimum absolute atomic E-state index is 0.456. The maximum atomic E-state index is 10.9. The molecule has 4 heteroatoms. The Bertz CT molecular complexity index is 458. The summed E-state index contributed by atoms with van der Waals surface area (Å²) in [6, 6.07) is 4.20. The van der Waals surface area contributed by atoms with Crippen LogP contribution in [-0.2, 0) is 4.79 Å². The number of unbranched alkanes of at least 4 members (excludes halogenated alkanes) is 1. The zero-order valence-electron chi connectivity index (χ0n) is 12.8. The number of nitrogens with two attached hydrogens (primary N) is 1. The molecule has 1 rings (SSSR count). The number of hydrogen-bond donors (Lipinski definition) is 2. The predicted octanol–water partition coefficient (Wildman–Crippen LogP) is 2.96. The first kappa shape index (κ1) is 16.5. The number of benzene rings is 1. The molecule has 0 heterocycles. The summed E-state index contributed by atoms with van der Waals surface area (Å²) in [6.07, 6.45) is 1.99. The minimum atomic E-state index is -1.14. The van der Waals surface area contributed by atoms with Crippen LogP contribution in [0.15, 0.2) is 12.1 Å². The maximum Gasteiger partial charge on any atom is 0.323 e. The smallest absolute Gasteiger partial charge is 0.323 e. The van der Waals surface area contributed by atoms with E-state index >= 15 is 0 Å². The zero-order valence-corrected chi connectivity index (χ0v) is 12.8. The Morgan fingerprint density at radius 3 is 2.30 bits per heavy atom. The second-order valence-corrected chi connectivity index (χ2v) is 5.76. The lowest BCUT2D eigenvalue weighted by molar-refractivity contribution is -0.142. The second-order valence-electron chi connectivity index (χ2n) is 5.76. The molecule has 1 atom stereocenters. The molecule has 0 amide bonds. The molecule has 3 N–H and O–H groups in total. The first-order valence-electron chi connectivity index (χ1n) is 6.97. The Labute approximate surface area is 120 Å². The molecule has 0 spiro atoms. The maximum absolute atomic E-state index is 10.9. The van der Waals surface area contributed by atoms with Crippen LogP contribution in [0.4, 0.5) is 0 Å². The lowest BCUT2D eigenvalue weighted by Gasteiger charge is -2.19. The van der Waals surface area contributed by atoms with Crippen molar-refractivity contribution in [3.63, 3.8) is 0 Å². The normalized spacial score (nSPS) is 13.8. The van der Waals surface area contributed by atoms with Crippen molar-refractivity contribution in [1.82, 2.24) is 0 Å². The van der Waals surface area contributed by atoms with Gasteiger partial charge in [-0.25, -0.2) is 0 Å². The molecule has 0 saturated heterocycles. The predicted molar refractivity (Wildman–Crippen MR) is 80.2 cm³/mol. The Morgan fingerprint density at radius 2 is 1.80 bits per heavy atom. The molecule has 0 aliphatic rings. The van der Waals surface area contributed by atoms with Gasteiger partial charge in [0.1, 0.15) is 11.3 Å². The van der Waals surface area contributed by atoms with Crippen LogP contribution in [0.3, 0.4) is 0 Å². The van der Waals surface area contributed by atoms with Crippen LogP contribution in [0.25, 0.3) is 0 Å². The average Bonchev–Trinajstić information content (AvgIpc) is 2.31. The highest BCUT2D eigenvalue weighted by atomic mass is 16.5. The Morgan fingerprint density at radius 1 is 1.25 bits per heavy atom. The van der Waals surface area contributed by atoms with E-state index in [-0.39, 0.29) is 0 Å². The number of hydrogen-bond acceptors (Lipinski definition) is 3. The molecule has 1 aromatic carbocycles. The van der Waals surface area contributed by atoms with Crippen molar-refractivity contribution in [2.75, 3.05) is 6.61 Å². The van der Waals surface area contributed by atoms with Crippen molar-refractivity contribution < 1.29 is 14.6 Å². The van der Waals surface area contributed by atoms with Crippen LogP contribution in [0.1, 0.15) is 42.9 Å². The number of carboxylic acids is 1. The monoisotopic (exact) mass is 279 g/mol. The van der Waals surface area contributed by atoms with E-state index in [1.807, 2.05) is 13.8 Å². The van der Waals surface area contributed by atoms with E-state index in [1.165, 1.54) is 5.56 Å². The van der Waals surface area contributed by atoms with Gasteiger partial charge in [-0.05, 0) is 58.1 Å². The van der Waals surface area contributed by atoms with E-state index in [9.17, 15) is 4.79 Å². The third-order valence-corrected chi connectivity index (χ3v) is 3.43. The first-order chi connectivity index (χ1) is 9.24. The molecule has 0 aromatic heterocycles. The summed E-state index contributed by atoms with van der Waals surface area (Å²) in [5, 5.41) is 8.92. The molecular formula is C16H25NO3. The molecule has 1 aromatic rings. The van der Waals surface area contributed by atoms with Crippen molar-refractivity contribution in [1.29, 1.82) is 0 Å². The van der Waals surface area contributed by atoms with Gasteiger partial charge in [0, 0.05) is 0 Å². The van der Waals surface area contributed by atoms with E-state index in [4.69, 9.17) is 15.6 Å². The third-order valence-electron chi connectivity index (χ3n) is 3.43. The molecule has 0 aliphatic carbocycles. The molecule has 20 heavy (non-hydrogen) atoms. The highest BCUT2D eigenvalue weighted by molar-refractivity contribution is 5.77. The fraction of sp³-hybridized carbons (Fsp3) is 0.562. The minimum Gasteiger partial charge on any atom is -0.493 e.